The summed E-state index contributed by atoms with van der Waals surface area (Å²) in [6.45, 7) is 0. The van der Waals surface area contributed by atoms with Crippen molar-refractivity contribution in [1.82, 2.24) is 15.0 Å². The van der Waals surface area contributed by atoms with Gasteiger partial charge in [0.05, 0.1) is 0 Å². The molecular weight excluding hydrogens is 294 g/mol. The van der Waals surface area contributed by atoms with E-state index in [2.05, 4.69) is 27.8 Å². The molecule has 14 heteroatoms. The molecule has 0 aliphatic rings. The van der Waals surface area contributed by atoms with Gasteiger partial charge in [0.15, 0.2) is 0 Å². The maximum atomic E-state index is 9.57. The molecule has 0 aliphatic heterocycles. The van der Waals surface area contributed by atoms with Crippen molar-refractivity contribution in [3.8, 4) is 0 Å². The van der Waals surface area contributed by atoms with Crippen LogP contribution in [0.3, 0.4) is 0 Å². The molecule has 0 aliphatic carbocycles. The highest BCUT2D eigenvalue weighted by molar-refractivity contribution is 7.84. The Balaban J connectivity index is 0.000000304. The Labute approximate surface area is 105 Å². The molecule has 96 valence electrons. The lowest BCUT2D eigenvalue weighted by Gasteiger charge is -1.96. The van der Waals surface area contributed by atoms with Crippen molar-refractivity contribution < 1.29 is 19.9 Å². The van der Waals surface area contributed by atoms with E-state index >= 15 is 0 Å². The van der Waals surface area contributed by atoms with E-state index < -0.39 is 21.8 Å². The van der Waals surface area contributed by atoms with Crippen molar-refractivity contribution in [2.24, 2.45) is 0 Å². The molecular formula is C3H6N7O4S3-. The number of nitrogen functional groups attached to an aromatic ring is 3. The Morgan fingerprint density at radius 1 is 1.00 bits per heavy atom. The van der Waals surface area contributed by atoms with Crippen molar-refractivity contribution in [3.05, 3.63) is 0 Å². The first-order valence-corrected chi connectivity index (χ1v) is 5.85. The van der Waals surface area contributed by atoms with Gasteiger partial charge in [-0.25, -0.2) is 4.21 Å². The molecule has 11 nitrogen and oxygen atoms in total. The third kappa shape index (κ3) is 6.61. The molecule has 1 aromatic rings. The lowest BCUT2D eigenvalue weighted by molar-refractivity contribution is -0.122. The van der Waals surface area contributed by atoms with Crippen LogP contribution in [0.25, 0.3) is 0 Å². The minimum absolute atomic E-state index is 0.0417. The summed E-state index contributed by atoms with van der Waals surface area (Å²) in [5.41, 5.74) is 15.4. The van der Waals surface area contributed by atoms with Gasteiger partial charge in [-0.1, -0.05) is 0 Å². The van der Waals surface area contributed by atoms with Gasteiger partial charge in [-0.05, 0) is 0 Å². The van der Waals surface area contributed by atoms with Crippen molar-refractivity contribution in [1.29, 1.82) is 0 Å². The van der Waals surface area contributed by atoms with Crippen LogP contribution in [0.1, 0.15) is 0 Å². The Morgan fingerprint density at radius 2 is 1.29 bits per heavy atom. The maximum absolute atomic E-state index is 9.57. The van der Waals surface area contributed by atoms with Crippen LogP contribution in [-0.2, 0) is 34.6 Å². The van der Waals surface area contributed by atoms with Crippen molar-refractivity contribution in [2.75, 3.05) is 17.2 Å². The van der Waals surface area contributed by atoms with E-state index in [-0.39, 0.29) is 20.6 Å². The van der Waals surface area contributed by atoms with E-state index in [1.807, 2.05) is 0 Å². The third-order valence-electron chi connectivity index (χ3n) is 0.931. The monoisotopic (exact) mass is 300 g/mol. The molecule has 0 saturated carbocycles. The SMILES string of the molecule is Nc1nc(N)nc(N)n1.O=S([O-])[N+]([S-])=S(=O)=O. The van der Waals surface area contributed by atoms with Crippen LogP contribution in [-0.4, -0.2) is 34.9 Å². The number of nitrogens with two attached hydrogens (primary N) is 3. The molecule has 1 aromatic heterocycles. The van der Waals surface area contributed by atoms with Crippen molar-refractivity contribution in [2.45, 2.75) is 0 Å². The third-order valence-corrected chi connectivity index (χ3v) is 2.88. The summed E-state index contributed by atoms with van der Waals surface area (Å²) in [5.74, 6) is 0.125. The fraction of sp³-hybridized carbons (Fsp3) is 0. The predicted molar refractivity (Wildman–Crippen MR) is 58.5 cm³/mol. The zero-order chi connectivity index (χ0) is 13.6. The topological polar surface area (TPSA) is 194 Å². The summed E-state index contributed by atoms with van der Waals surface area (Å²) in [7, 11) is -2.85. The highest BCUT2D eigenvalue weighted by Gasteiger charge is 1.93. The summed E-state index contributed by atoms with van der Waals surface area (Å²) in [6.07, 6.45) is 0. The molecule has 6 N–H and O–H groups in total. The smallest absolute Gasteiger partial charge is 0.452 e. The lowest BCUT2D eigenvalue weighted by atomic mass is 10.9. The van der Waals surface area contributed by atoms with Gasteiger partial charge < -0.3 is 34.6 Å². The van der Waals surface area contributed by atoms with Crippen LogP contribution in [0, 0.1) is 0 Å². The van der Waals surface area contributed by atoms with Crippen molar-refractivity contribution >= 4 is 52.4 Å². The van der Waals surface area contributed by atoms with E-state index in [1.165, 1.54) is 0 Å². The standard InChI is InChI=1S/C3H6N6.HNO4S3/c4-1-7-2(5)9-3(6)8-1;2-7(3)1(6)8(4)5/h(H6,4,5,6,7,8,9);(H,2,3)/p-1. The van der Waals surface area contributed by atoms with E-state index in [0.717, 1.165) is 0 Å². The van der Waals surface area contributed by atoms with Gasteiger partial charge >= 0.3 is 10.5 Å². The van der Waals surface area contributed by atoms with E-state index in [0.29, 0.717) is 0 Å². The molecule has 0 radical (unpaired) electrons. The highest BCUT2D eigenvalue weighted by Crippen LogP contribution is 1.97. The number of aromatic nitrogens is 3. The highest BCUT2D eigenvalue weighted by atomic mass is 32.3. The first-order chi connectivity index (χ1) is 7.73. The lowest BCUT2D eigenvalue weighted by Crippen LogP contribution is -2.05. The first-order valence-electron chi connectivity index (χ1n) is 3.42. The van der Waals surface area contributed by atoms with Gasteiger partial charge in [0.2, 0.25) is 29.1 Å². The predicted octanol–water partition coefficient (Wildman–Crippen LogP) is -3.06. The molecule has 0 fully saturated rings. The minimum Gasteiger partial charge on any atom is -0.716 e. The molecule has 1 atom stereocenters. The van der Waals surface area contributed by atoms with E-state index in [4.69, 9.17) is 17.2 Å². The van der Waals surface area contributed by atoms with Gasteiger partial charge in [-0.15, -0.1) is 8.42 Å². The van der Waals surface area contributed by atoms with Gasteiger partial charge in [-0.3, -0.25) is 0 Å². The largest absolute Gasteiger partial charge is 0.716 e. The fourth-order valence-electron chi connectivity index (χ4n) is 0.477. The average molecular weight is 300 g/mol. The second-order valence-electron chi connectivity index (χ2n) is 2.07. The summed E-state index contributed by atoms with van der Waals surface area (Å²) >= 11 is 0.938. The summed E-state index contributed by atoms with van der Waals surface area (Å²) in [5, 5.41) is 0. The normalized spacial score (nSPS) is 10.9. The Bertz CT molecular complexity index is 497. The van der Waals surface area contributed by atoms with Crippen LogP contribution in [0.2, 0.25) is 0 Å². The minimum atomic E-state index is -2.85. The Hall–Kier alpha value is -1.51. The number of rotatable bonds is 1. The molecule has 0 aromatic carbocycles. The zero-order valence-corrected chi connectivity index (χ0v) is 10.3. The first kappa shape index (κ1) is 15.5. The van der Waals surface area contributed by atoms with Gasteiger partial charge in [0.25, 0.3) is 0 Å². The van der Waals surface area contributed by atoms with Crippen LogP contribution >= 0.6 is 0 Å². The van der Waals surface area contributed by atoms with Gasteiger partial charge in [0, 0.05) is 0 Å². The molecule has 1 rings (SSSR count). The van der Waals surface area contributed by atoms with Crippen molar-refractivity contribution in [3.63, 3.8) is 0 Å². The molecule has 0 bridgehead atoms. The number of hydrogen-bond acceptors (Lipinski definition) is 11. The summed E-state index contributed by atoms with van der Waals surface area (Å²) in [4.78, 5) is 10.5. The van der Waals surface area contributed by atoms with Gasteiger partial charge in [-0.2, -0.15) is 17.7 Å². The second-order valence-corrected chi connectivity index (χ2v) is 4.73. The number of anilines is 3. The van der Waals surface area contributed by atoms with E-state index in [1.54, 1.807) is 0 Å². The fourth-order valence-corrected chi connectivity index (χ4v) is 0.874. The molecule has 1 unspecified atom stereocenters. The molecule has 0 amide bonds. The van der Waals surface area contributed by atoms with Crippen LogP contribution in [0.5, 0.6) is 0 Å². The zero-order valence-electron chi connectivity index (χ0n) is 7.88. The summed E-state index contributed by atoms with van der Waals surface area (Å²) in [6, 6.07) is 0. The van der Waals surface area contributed by atoms with E-state index in [9.17, 15) is 17.2 Å². The van der Waals surface area contributed by atoms with Crippen LogP contribution in [0.15, 0.2) is 0 Å². The second kappa shape index (κ2) is 6.94. The van der Waals surface area contributed by atoms with Gasteiger partial charge in [0.1, 0.15) is 0 Å². The molecule has 17 heavy (non-hydrogen) atoms. The molecule has 1 heterocycles. The number of nitrogens with zero attached hydrogens (tertiary/aromatic N) is 4. The Morgan fingerprint density at radius 3 is 1.41 bits per heavy atom. The Kier molecular flexibility index (Phi) is 6.33. The van der Waals surface area contributed by atoms with Crippen LogP contribution in [0.4, 0.5) is 17.8 Å². The maximum Gasteiger partial charge on any atom is 0.452 e. The number of hydrogen-bond donors (Lipinski definition) is 3. The molecule has 0 saturated heterocycles. The quantitative estimate of drug-likeness (QED) is 0.270. The van der Waals surface area contributed by atoms with Crippen LogP contribution < -0.4 is 17.2 Å². The average Bonchev–Trinajstić information content (AvgIpc) is 2.14. The summed E-state index contributed by atoms with van der Waals surface area (Å²) < 4.78 is 38.0. The molecule has 0 spiro atoms.